The summed E-state index contributed by atoms with van der Waals surface area (Å²) >= 11 is 3.46. The first kappa shape index (κ1) is 19.7. The molecule has 4 rings (SSSR count). The zero-order chi connectivity index (χ0) is 20.2. The molecule has 0 bridgehead atoms. The van der Waals surface area contributed by atoms with Crippen molar-refractivity contribution in [2.24, 2.45) is 5.92 Å². The number of H-pyrrole nitrogens is 1. The molecule has 6 heteroatoms. The third-order valence-electron chi connectivity index (χ3n) is 5.58. The molecule has 2 aromatic carbocycles. The second-order valence-corrected chi connectivity index (χ2v) is 8.51. The number of nitrogens with zero attached hydrogens (tertiary/aromatic N) is 2. The van der Waals surface area contributed by atoms with Gasteiger partial charge in [0.15, 0.2) is 0 Å². The van der Waals surface area contributed by atoms with Crippen LogP contribution in [0.1, 0.15) is 25.1 Å². The number of imidazole rings is 1. The van der Waals surface area contributed by atoms with Crippen LogP contribution in [0.3, 0.4) is 0 Å². The van der Waals surface area contributed by atoms with Gasteiger partial charge in [0.2, 0.25) is 0 Å². The molecule has 0 spiro atoms. The fourth-order valence-corrected chi connectivity index (χ4v) is 3.87. The van der Waals surface area contributed by atoms with Crippen molar-refractivity contribution >= 4 is 22.0 Å². The molecule has 0 saturated heterocycles. The van der Waals surface area contributed by atoms with Crippen molar-refractivity contribution in [1.82, 2.24) is 14.9 Å². The molecule has 5 nitrogen and oxygen atoms in total. The molecule has 0 atom stereocenters. The molecule has 1 heterocycles. The van der Waals surface area contributed by atoms with Gasteiger partial charge < -0.3 is 15.0 Å². The van der Waals surface area contributed by atoms with Gasteiger partial charge >= 0.3 is 6.09 Å². The minimum atomic E-state index is -0.841. The number of carbonyl (C=O) groups is 1. The van der Waals surface area contributed by atoms with E-state index in [4.69, 9.17) is 0 Å². The van der Waals surface area contributed by atoms with Gasteiger partial charge in [-0.1, -0.05) is 58.7 Å². The number of nitrogens with one attached hydrogen (secondary N) is 1. The quantitative estimate of drug-likeness (QED) is 0.472. The van der Waals surface area contributed by atoms with E-state index in [0.29, 0.717) is 25.4 Å². The lowest BCUT2D eigenvalue weighted by atomic mass is 9.85. The van der Waals surface area contributed by atoms with E-state index in [9.17, 15) is 9.90 Å². The highest BCUT2D eigenvalue weighted by Crippen LogP contribution is 2.27. The number of rotatable bonds is 7. The molecule has 3 aromatic rings. The van der Waals surface area contributed by atoms with Crippen molar-refractivity contribution in [3.05, 3.63) is 65.0 Å². The van der Waals surface area contributed by atoms with Crippen LogP contribution in [0.15, 0.2) is 59.2 Å². The summed E-state index contributed by atoms with van der Waals surface area (Å²) in [7, 11) is 0. The first-order valence-electron chi connectivity index (χ1n) is 9.97. The minimum Gasteiger partial charge on any atom is -0.465 e. The maximum Gasteiger partial charge on any atom is 0.407 e. The summed E-state index contributed by atoms with van der Waals surface area (Å²) in [6.45, 7) is 1.11. The monoisotopic (exact) mass is 453 g/mol. The summed E-state index contributed by atoms with van der Waals surface area (Å²) in [5, 5.41) is 9.43. The van der Waals surface area contributed by atoms with Gasteiger partial charge in [-0.2, -0.15) is 0 Å². The van der Waals surface area contributed by atoms with Crippen LogP contribution in [0.5, 0.6) is 0 Å². The van der Waals surface area contributed by atoms with Crippen molar-refractivity contribution in [1.29, 1.82) is 0 Å². The summed E-state index contributed by atoms with van der Waals surface area (Å²) in [6, 6.07) is 16.6. The molecule has 0 unspecified atom stereocenters. The fraction of sp³-hybridized carbons (Fsp3) is 0.304. The minimum absolute atomic E-state index is 0.474. The molecule has 1 aliphatic rings. The number of benzene rings is 2. The average Bonchev–Trinajstić information content (AvgIpc) is 3.16. The van der Waals surface area contributed by atoms with E-state index in [-0.39, 0.29) is 0 Å². The lowest BCUT2D eigenvalue weighted by Gasteiger charge is -2.30. The predicted molar refractivity (Wildman–Crippen MR) is 118 cm³/mol. The van der Waals surface area contributed by atoms with E-state index >= 15 is 0 Å². The molecular weight excluding hydrogens is 430 g/mol. The first-order chi connectivity index (χ1) is 14.1. The second-order valence-electron chi connectivity index (χ2n) is 7.59. The smallest absolute Gasteiger partial charge is 0.407 e. The predicted octanol–water partition coefficient (Wildman–Crippen LogP) is 5.83. The molecule has 0 radical (unpaired) electrons. The highest BCUT2D eigenvalue weighted by atomic mass is 79.9. The maximum absolute atomic E-state index is 11.5. The largest absolute Gasteiger partial charge is 0.465 e. The SMILES string of the molecule is O=C(O)N(CCc1nc(-c2ccc(-c3ccc(Br)cc3)cc2)c[nH]1)CC1CCC1. The number of carboxylic acid groups (broad SMARTS) is 1. The Balaban J connectivity index is 1.39. The molecule has 1 saturated carbocycles. The Labute approximate surface area is 178 Å². The van der Waals surface area contributed by atoms with Crippen LogP contribution < -0.4 is 0 Å². The van der Waals surface area contributed by atoms with Crippen molar-refractivity contribution in [3.63, 3.8) is 0 Å². The molecule has 150 valence electrons. The number of hydrogen-bond acceptors (Lipinski definition) is 2. The third-order valence-corrected chi connectivity index (χ3v) is 6.11. The molecule has 1 aliphatic carbocycles. The molecule has 0 aliphatic heterocycles. The van der Waals surface area contributed by atoms with Crippen molar-refractivity contribution in [2.75, 3.05) is 13.1 Å². The molecule has 1 aromatic heterocycles. The van der Waals surface area contributed by atoms with Crippen molar-refractivity contribution in [3.8, 4) is 22.4 Å². The van der Waals surface area contributed by atoms with E-state index < -0.39 is 6.09 Å². The standard InChI is InChI=1S/C23H24BrN3O2/c24-20-10-8-18(9-11-20)17-4-6-19(7-5-17)21-14-25-22(26-21)12-13-27(23(28)29)15-16-2-1-3-16/h4-11,14,16H,1-3,12-13,15H2,(H,25,26)(H,28,29). The van der Waals surface area contributed by atoms with Crippen molar-refractivity contribution in [2.45, 2.75) is 25.7 Å². The van der Waals surface area contributed by atoms with Crippen molar-refractivity contribution < 1.29 is 9.90 Å². The summed E-state index contributed by atoms with van der Waals surface area (Å²) in [4.78, 5) is 20.9. The Morgan fingerprint density at radius 1 is 1.07 bits per heavy atom. The van der Waals surface area contributed by atoms with Crippen LogP contribution in [-0.4, -0.2) is 39.2 Å². The van der Waals surface area contributed by atoms with E-state index in [1.165, 1.54) is 16.9 Å². The van der Waals surface area contributed by atoms with E-state index in [0.717, 1.165) is 40.0 Å². The molecule has 1 amide bonds. The zero-order valence-electron chi connectivity index (χ0n) is 16.1. The summed E-state index contributed by atoms with van der Waals surface area (Å²) in [6.07, 6.45) is 5.15. The average molecular weight is 454 g/mol. The number of hydrogen-bond donors (Lipinski definition) is 2. The van der Waals surface area contributed by atoms with Gasteiger partial charge in [0.1, 0.15) is 5.82 Å². The highest BCUT2D eigenvalue weighted by molar-refractivity contribution is 9.10. The molecule has 2 N–H and O–H groups in total. The maximum atomic E-state index is 11.5. The number of aromatic nitrogens is 2. The van der Waals surface area contributed by atoms with Crippen LogP contribution in [-0.2, 0) is 6.42 Å². The normalized spacial score (nSPS) is 13.8. The Kier molecular flexibility index (Phi) is 6.00. The van der Waals surface area contributed by atoms with Gasteiger partial charge in [-0.15, -0.1) is 0 Å². The van der Waals surface area contributed by atoms with Gasteiger partial charge in [-0.3, -0.25) is 0 Å². The van der Waals surface area contributed by atoms with Gasteiger partial charge in [0, 0.05) is 35.7 Å². The number of halogens is 1. The van der Waals surface area contributed by atoms with Gasteiger partial charge in [-0.25, -0.2) is 9.78 Å². The number of amides is 1. The van der Waals surface area contributed by atoms with Gasteiger partial charge in [-0.05, 0) is 42.0 Å². The summed E-state index contributed by atoms with van der Waals surface area (Å²) < 4.78 is 1.07. The Hall–Kier alpha value is -2.60. The second kappa shape index (κ2) is 8.82. The Morgan fingerprint density at radius 3 is 2.28 bits per heavy atom. The summed E-state index contributed by atoms with van der Waals surface area (Å²) in [5.41, 5.74) is 4.24. The van der Waals surface area contributed by atoms with Crippen LogP contribution in [0.2, 0.25) is 0 Å². The van der Waals surface area contributed by atoms with Crippen LogP contribution >= 0.6 is 15.9 Å². The lowest BCUT2D eigenvalue weighted by molar-refractivity contribution is 0.125. The number of aromatic amines is 1. The Bertz CT molecular complexity index is 963. The van der Waals surface area contributed by atoms with E-state index in [1.54, 1.807) is 0 Å². The zero-order valence-corrected chi connectivity index (χ0v) is 17.7. The lowest BCUT2D eigenvalue weighted by Crippen LogP contribution is -2.37. The van der Waals surface area contributed by atoms with Crippen LogP contribution in [0.4, 0.5) is 4.79 Å². The highest BCUT2D eigenvalue weighted by Gasteiger charge is 2.23. The topological polar surface area (TPSA) is 69.2 Å². The Morgan fingerprint density at radius 2 is 1.69 bits per heavy atom. The van der Waals surface area contributed by atoms with Crippen LogP contribution in [0.25, 0.3) is 22.4 Å². The van der Waals surface area contributed by atoms with Gasteiger partial charge in [0.25, 0.3) is 0 Å². The fourth-order valence-electron chi connectivity index (χ4n) is 3.61. The first-order valence-corrected chi connectivity index (χ1v) is 10.8. The van der Waals surface area contributed by atoms with Crippen LogP contribution in [0, 0.1) is 5.92 Å². The third kappa shape index (κ3) is 4.88. The van der Waals surface area contributed by atoms with Gasteiger partial charge in [0.05, 0.1) is 5.69 Å². The summed E-state index contributed by atoms with van der Waals surface area (Å²) in [5.74, 6) is 1.35. The van der Waals surface area contributed by atoms with E-state index in [2.05, 4.69) is 62.3 Å². The molecule has 1 fully saturated rings. The molecular formula is C23H24BrN3O2. The van der Waals surface area contributed by atoms with E-state index in [1.807, 2.05) is 18.3 Å². The molecule has 29 heavy (non-hydrogen) atoms.